The summed E-state index contributed by atoms with van der Waals surface area (Å²) in [5, 5.41) is 7.35. The summed E-state index contributed by atoms with van der Waals surface area (Å²) >= 11 is 2.08. The van der Waals surface area contributed by atoms with Gasteiger partial charge < -0.3 is 4.74 Å². The van der Waals surface area contributed by atoms with Crippen molar-refractivity contribution in [2.75, 3.05) is 17.3 Å². The number of aromatic nitrogens is 1. The molecule has 1 aromatic heterocycles. The van der Waals surface area contributed by atoms with Gasteiger partial charge in [0, 0.05) is 11.1 Å². The van der Waals surface area contributed by atoms with Gasteiger partial charge in [-0.05, 0) is 67.2 Å². The van der Waals surface area contributed by atoms with Crippen molar-refractivity contribution in [3.05, 3.63) is 111 Å². The maximum atomic E-state index is 13.5. The minimum Gasteiger partial charge on any atom is -0.496 e. The molecule has 0 aliphatic carbocycles. The third kappa shape index (κ3) is 6.18. The zero-order valence-corrected chi connectivity index (χ0v) is 23.4. The van der Waals surface area contributed by atoms with Gasteiger partial charge in [-0.25, -0.2) is 14.8 Å². The predicted octanol–water partition coefficient (Wildman–Crippen LogP) is 5.67. The van der Waals surface area contributed by atoms with Gasteiger partial charge >= 0.3 is 0 Å². The lowest BCUT2D eigenvalue weighted by Crippen LogP contribution is -2.31. The summed E-state index contributed by atoms with van der Waals surface area (Å²) in [5.74, 6) is -1.19. The molecular formula is C29H22FN5O4S2. The molecular weight excluding hydrogens is 565 g/mol. The van der Waals surface area contributed by atoms with Crippen molar-refractivity contribution >= 4 is 62.9 Å². The van der Waals surface area contributed by atoms with Crippen molar-refractivity contribution in [1.29, 1.82) is 0 Å². The number of anilines is 2. The van der Waals surface area contributed by atoms with Gasteiger partial charge in [-0.15, -0.1) is 5.10 Å². The van der Waals surface area contributed by atoms with E-state index in [0.29, 0.717) is 22.0 Å². The summed E-state index contributed by atoms with van der Waals surface area (Å²) in [7, 11) is 1.56. The number of rotatable bonds is 7. The quantitative estimate of drug-likeness (QED) is 0.213. The molecule has 1 aliphatic rings. The van der Waals surface area contributed by atoms with Crippen LogP contribution in [0, 0.1) is 12.7 Å². The highest BCUT2D eigenvalue weighted by Gasteiger charge is 2.35. The summed E-state index contributed by atoms with van der Waals surface area (Å²) in [6, 6.07) is 21.4. The first kappa shape index (κ1) is 27.7. The van der Waals surface area contributed by atoms with E-state index in [4.69, 9.17) is 4.74 Å². The summed E-state index contributed by atoms with van der Waals surface area (Å²) in [6.07, 6.45) is 1.72. The number of carbonyl (C=O) groups excluding carboxylic acids is 3. The molecule has 0 saturated carbocycles. The molecule has 0 unspecified atom stereocenters. The van der Waals surface area contributed by atoms with E-state index in [1.54, 1.807) is 50.4 Å². The smallest absolute Gasteiger partial charge is 0.283 e. The Morgan fingerprint density at radius 2 is 1.71 bits per heavy atom. The van der Waals surface area contributed by atoms with Crippen LogP contribution < -0.4 is 20.4 Å². The van der Waals surface area contributed by atoms with Crippen LogP contribution in [0.15, 0.2) is 88.9 Å². The molecule has 9 nitrogen and oxygen atoms in total. The normalized spacial score (nSPS) is 14.9. The number of nitrogens with zero attached hydrogens (tertiary/aromatic N) is 3. The monoisotopic (exact) mass is 587 g/mol. The van der Waals surface area contributed by atoms with Gasteiger partial charge in [0.15, 0.2) is 10.3 Å². The number of hydrogen-bond acceptors (Lipinski definition) is 8. The molecule has 1 fully saturated rings. The molecule has 206 valence electrons. The highest BCUT2D eigenvalue weighted by atomic mass is 32.2. The van der Waals surface area contributed by atoms with E-state index >= 15 is 0 Å². The summed E-state index contributed by atoms with van der Waals surface area (Å²) in [5.41, 5.74) is 4.45. The van der Waals surface area contributed by atoms with Crippen LogP contribution in [-0.4, -0.2) is 35.0 Å². The van der Waals surface area contributed by atoms with E-state index in [1.165, 1.54) is 29.2 Å². The van der Waals surface area contributed by atoms with Crippen LogP contribution in [0.2, 0.25) is 0 Å². The van der Waals surface area contributed by atoms with Gasteiger partial charge in [0.2, 0.25) is 0 Å². The molecule has 1 aliphatic heterocycles. The Bertz CT molecular complexity index is 1690. The Hall–Kier alpha value is -4.81. The van der Waals surface area contributed by atoms with Crippen molar-refractivity contribution in [3.63, 3.8) is 0 Å². The standard InChI is InChI=1S/C29H22FN5O4S2/c1-17-24(41-28(31-17)32-25(36)18-12-14-20(30)15-13-18)26(37)33-34-29-35(21-9-4-3-5-10-21)27(38)23(40-29)16-19-8-6-7-11-22(19)39-2/h3-16H,1-2H3,(H,33,37)(H,31,32,36)/b23-16+,34-29+. The largest absolute Gasteiger partial charge is 0.496 e. The molecule has 3 aromatic carbocycles. The van der Waals surface area contributed by atoms with Gasteiger partial charge in [-0.3, -0.25) is 24.6 Å². The number of amidine groups is 1. The molecule has 4 aromatic rings. The van der Waals surface area contributed by atoms with E-state index in [1.807, 2.05) is 24.3 Å². The molecule has 5 rings (SSSR count). The van der Waals surface area contributed by atoms with Crippen molar-refractivity contribution in [1.82, 2.24) is 10.4 Å². The Kier molecular flexibility index (Phi) is 8.22. The lowest BCUT2D eigenvalue weighted by molar-refractivity contribution is -0.113. The van der Waals surface area contributed by atoms with Crippen molar-refractivity contribution in [3.8, 4) is 5.75 Å². The number of nitrogens with one attached hydrogen (secondary N) is 2. The van der Waals surface area contributed by atoms with E-state index in [-0.39, 0.29) is 26.6 Å². The molecule has 2 N–H and O–H groups in total. The van der Waals surface area contributed by atoms with Crippen LogP contribution in [0.5, 0.6) is 5.75 Å². The number of halogens is 1. The maximum absolute atomic E-state index is 13.5. The molecule has 3 amide bonds. The van der Waals surface area contributed by atoms with Gasteiger partial charge in [-0.1, -0.05) is 47.7 Å². The molecule has 0 atom stereocenters. The average Bonchev–Trinajstić information content (AvgIpc) is 3.50. The second-order valence-corrected chi connectivity index (χ2v) is 10.6. The number of para-hydroxylation sites is 2. The van der Waals surface area contributed by atoms with Crippen LogP contribution in [0.1, 0.15) is 31.3 Å². The average molecular weight is 588 g/mol. The van der Waals surface area contributed by atoms with Gasteiger partial charge in [-0.2, -0.15) is 0 Å². The number of thioether (sulfide) groups is 1. The van der Waals surface area contributed by atoms with Crippen molar-refractivity contribution in [2.24, 2.45) is 5.10 Å². The fourth-order valence-electron chi connectivity index (χ4n) is 3.86. The molecule has 12 heteroatoms. The van der Waals surface area contributed by atoms with Crippen LogP contribution in [0.3, 0.4) is 0 Å². The summed E-state index contributed by atoms with van der Waals surface area (Å²) in [6.45, 7) is 1.63. The minimum absolute atomic E-state index is 0.202. The number of methoxy groups -OCH3 is 1. The van der Waals surface area contributed by atoms with Crippen LogP contribution in [-0.2, 0) is 4.79 Å². The highest BCUT2D eigenvalue weighted by Crippen LogP contribution is 2.37. The fourth-order valence-corrected chi connectivity index (χ4v) is 5.64. The number of benzene rings is 3. The molecule has 0 radical (unpaired) electrons. The van der Waals surface area contributed by atoms with Gasteiger partial charge in [0.25, 0.3) is 17.7 Å². The number of hydrazone groups is 1. The van der Waals surface area contributed by atoms with Gasteiger partial charge in [0.05, 0.1) is 23.4 Å². The van der Waals surface area contributed by atoms with E-state index < -0.39 is 17.6 Å². The Morgan fingerprint density at radius 3 is 2.44 bits per heavy atom. The van der Waals surface area contributed by atoms with Crippen LogP contribution in [0.4, 0.5) is 15.2 Å². The Balaban J connectivity index is 1.37. The Labute approximate surface area is 242 Å². The van der Waals surface area contributed by atoms with Crippen molar-refractivity contribution < 1.29 is 23.5 Å². The first-order valence-corrected chi connectivity index (χ1v) is 13.8. The summed E-state index contributed by atoms with van der Waals surface area (Å²) in [4.78, 5) is 45.3. The fraction of sp³-hybridized carbons (Fsp3) is 0.0690. The van der Waals surface area contributed by atoms with E-state index in [9.17, 15) is 18.8 Å². The topological polar surface area (TPSA) is 113 Å². The number of ether oxygens (including phenoxy) is 1. The lowest BCUT2D eigenvalue weighted by atomic mass is 10.2. The zero-order chi connectivity index (χ0) is 28.9. The number of aryl methyl sites for hydroxylation is 1. The third-order valence-corrected chi connectivity index (χ3v) is 7.87. The molecule has 0 spiro atoms. The van der Waals surface area contributed by atoms with E-state index in [2.05, 4.69) is 20.8 Å². The minimum atomic E-state index is -0.557. The Morgan fingerprint density at radius 1 is 1.00 bits per heavy atom. The first-order valence-electron chi connectivity index (χ1n) is 12.2. The van der Waals surface area contributed by atoms with Crippen molar-refractivity contribution in [2.45, 2.75) is 6.92 Å². The number of thiazole rings is 1. The second-order valence-electron chi connectivity index (χ2n) is 8.56. The van der Waals surface area contributed by atoms with E-state index in [0.717, 1.165) is 28.7 Å². The molecule has 1 saturated heterocycles. The molecule has 41 heavy (non-hydrogen) atoms. The van der Waals surface area contributed by atoms with Crippen LogP contribution in [0.25, 0.3) is 6.08 Å². The van der Waals surface area contributed by atoms with Gasteiger partial charge in [0.1, 0.15) is 16.4 Å². The predicted molar refractivity (Wildman–Crippen MR) is 159 cm³/mol. The SMILES string of the molecule is COc1ccccc1/C=C1/S/C(=N/NC(=O)c2sc(NC(=O)c3ccc(F)cc3)nc2C)N(c2ccccc2)C1=O. The second kappa shape index (κ2) is 12.1. The number of hydrogen-bond donors (Lipinski definition) is 2. The molecule has 2 heterocycles. The first-order chi connectivity index (χ1) is 19.8. The maximum Gasteiger partial charge on any atom is 0.283 e. The lowest BCUT2D eigenvalue weighted by Gasteiger charge is -2.15. The summed E-state index contributed by atoms with van der Waals surface area (Å²) < 4.78 is 18.6. The zero-order valence-electron chi connectivity index (χ0n) is 21.8. The molecule has 0 bridgehead atoms. The number of carbonyl (C=O) groups is 3. The highest BCUT2D eigenvalue weighted by molar-refractivity contribution is 8.19. The number of amides is 3. The van der Waals surface area contributed by atoms with Crippen LogP contribution >= 0.6 is 23.1 Å². The third-order valence-electron chi connectivity index (χ3n) is 5.83.